The van der Waals surface area contributed by atoms with Gasteiger partial charge in [0.15, 0.2) is 0 Å². The first-order valence-corrected chi connectivity index (χ1v) is 12.7. The Hall–Kier alpha value is -4.35. The molecule has 1 aliphatic carbocycles. The van der Waals surface area contributed by atoms with E-state index in [0.717, 1.165) is 24.1 Å². The molecule has 0 aliphatic heterocycles. The first-order chi connectivity index (χ1) is 18.4. The van der Waals surface area contributed by atoms with Crippen LogP contribution in [0.2, 0.25) is 0 Å². The van der Waals surface area contributed by atoms with E-state index >= 15 is 0 Å². The van der Waals surface area contributed by atoms with Crippen molar-refractivity contribution in [2.24, 2.45) is 13.0 Å². The molecule has 1 fully saturated rings. The van der Waals surface area contributed by atoms with Crippen LogP contribution < -0.4 is 9.64 Å². The Morgan fingerprint density at radius 1 is 1.13 bits per heavy atom. The minimum Gasteiger partial charge on any atom is -0.489 e. The topological polar surface area (TPSA) is 137 Å². The van der Waals surface area contributed by atoms with Gasteiger partial charge < -0.3 is 14.7 Å². The highest BCUT2D eigenvalue weighted by molar-refractivity contribution is 5.70. The number of nitrogens with zero attached hydrogens (tertiary/aromatic N) is 9. The lowest BCUT2D eigenvalue weighted by atomic mass is 9.87. The number of ether oxygens (including phenoxy) is 1. The average Bonchev–Trinajstić information content (AvgIpc) is 3.53. The van der Waals surface area contributed by atoms with Crippen LogP contribution in [0.1, 0.15) is 42.6 Å². The van der Waals surface area contributed by atoms with Crippen LogP contribution >= 0.6 is 0 Å². The number of tetrazole rings is 1. The van der Waals surface area contributed by atoms with Crippen LogP contribution in [0.4, 0.5) is 5.95 Å². The molecule has 12 heteroatoms. The van der Waals surface area contributed by atoms with Gasteiger partial charge in [0.2, 0.25) is 0 Å². The third-order valence-corrected chi connectivity index (χ3v) is 6.83. The number of rotatable bonds is 9. The van der Waals surface area contributed by atoms with Crippen LogP contribution in [0.15, 0.2) is 42.5 Å². The van der Waals surface area contributed by atoms with E-state index in [0.29, 0.717) is 54.7 Å². The summed E-state index contributed by atoms with van der Waals surface area (Å²) in [5.74, 6) is 0.0658. The molecule has 12 nitrogen and oxygen atoms in total. The predicted octanol–water partition coefficient (Wildman–Crippen LogP) is 2.88. The molecule has 0 spiro atoms. The molecule has 1 aromatic carbocycles. The van der Waals surface area contributed by atoms with Gasteiger partial charge in [-0.3, -0.25) is 4.79 Å². The molecule has 4 aromatic rings. The fourth-order valence-electron chi connectivity index (χ4n) is 4.73. The molecule has 3 aromatic heterocycles. The zero-order valence-electron chi connectivity index (χ0n) is 21.7. The molecular formula is C26H31N9O3. The highest BCUT2D eigenvalue weighted by Gasteiger charge is 2.28. The van der Waals surface area contributed by atoms with Gasteiger partial charge in [0.1, 0.15) is 18.0 Å². The van der Waals surface area contributed by atoms with Crippen LogP contribution in [-0.4, -0.2) is 64.4 Å². The SMILES string of the molecule is Cc1nc(-c2nnn(C)c2Cn2nnc(N(C)Cc3ccccc3)n2)ccc1O[C@H]1CCC[C@H](C(=O)O)C1. The lowest BCUT2D eigenvalue weighted by Gasteiger charge is -2.27. The van der Waals surface area contributed by atoms with E-state index in [1.807, 2.05) is 56.3 Å². The second-order valence-corrected chi connectivity index (χ2v) is 9.69. The van der Waals surface area contributed by atoms with Gasteiger partial charge >= 0.3 is 5.97 Å². The van der Waals surface area contributed by atoms with Crippen molar-refractivity contribution < 1.29 is 14.6 Å². The van der Waals surface area contributed by atoms with E-state index in [2.05, 4.69) is 37.9 Å². The number of carboxylic acid groups (broad SMARTS) is 1. The third kappa shape index (κ3) is 5.63. The largest absolute Gasteiger partial charge is 0.489 e. The Balaban J connectivity index is 1.29. The molecular weight excluding hydrogens is 486 g/mol. The summed E-state index contributed by atoms with van der Waals surface area (Å²) >= 11 is 0. The summed E-state index contributed by atoms with van der Waals surface area (Å²) in [5.41, 5.74) is 3.94. The third-order valence-electron chi connectivity index (χ3n) is 6.83. The number of aliphatic carboxylic acids is 1. The molecule has 0 bridgehead atoms. The molecule has 1 aliphatic rings. The average molecular weight is 518 g/mol. The number of aromatic nitrogens is 8. The van der Waals surface area contributed by atoms with E-state index in [4.69, 9.17) is 9.72 Å². The van der Waals surface area contributed by atoms with Crippen molar-refractivity contribution in [3.05, 3.63) is 59.4 Å². The summed E-state index contributed by atoms with van der Waals surface area (Å²) in [7, 11) is 3.74. The number of benzene rings is 1. The monoisotopic (exact) mass is 517 g/mol. The summed E-state index contributed by atoms with van der Waals surface area (Å²) in [5, 5.41) is 30.9. The first-order valence-electron chi connectivity index (χ1n) is 12.7. The summed E-state index contributed by atoms with van der Waals surface area (Å²) in [6.45, 7) is 2.86. The molecule has 0 unspecified atom stereocenters. The Labute approximate surface area is 220 Å². The van der Waals surface area contributed by atoms with Crippen LogP contribution in [0, 0.1) is 12.8 Å². The van der Waals surface area contributed by atoms with Crippen molar-refractivity contribution in [3.63, 3.8) is 0 Å². The zero-order chi connectivity index (χ0) is 26.6. The predicted molar refractivity (Wildman–Crippen MR) is 138 cm³/mol. The summed E-state index contributed by atoms with van der Waals surface area (Å²) in [4.78, 5) is 19.6. The molecule has 0 saturated heterocycles. The highest BCUT2D eigenvalue weighted by Crippen LogP contribution is 2.30. The summed E-state index contributed by atoms with van der Waals surface area (Å²) in [6.07, 6.45) is 2.77. The quantitative estimate of drug-likeness (QED) is 0.353. The minimum atomic E-state index is -0.754. The Morgan fingerprint density at radius 3 is 2.71 bits per heavy atom. The molecule has 0 radical (unpaired) electrons. The van der Waals surface area contributed by atoms with Gasteiger partial charge in [-0.25, -0.2) is 9.67 Å². The Kier molecular flexibility index (Phi) is 7.29. The zero-order valence-corrected chi connectivity index (χ0v) is 21.7. The van der Waals surface area contributed by atoms with Gasteiger partial charge in [0, 0.05) is 20.6 Å². The van der Waals surface area contributed by atoms with Gasteiger partial charge in [-0.15, -0.1) is 10.2 Å². The van der Waals surface area contributed by atoms with Crippen LogP contribution in [0.3, 0.4) is 0 Å². The van der Waals surface area contributed by atoms with Crippen molar-refractivity contribution in [1.82, 2.24) is 40.2 Å². The number of aryl methyl sites for hydroxylation is 2. The van der Waals surface area contributed by atoms with E-state index in [-0.39, 0.29) is 12.0 Å². The fraction of sp³-hybridized carbons (Fsp3) is 0.423. The van der Waals surface area contributed by atoms with Crippen LogP contribution in [-0.2, 0) is 24.9 Å². The standard InChI is InChI=1S/C26H31N9O3/c1-17-23(38-20-11-7-10-19(14-20)25(36)37)13-12-21(27-17)24-22(34(3)31-28-24)16-35-30-26(29-32-35)33(2)15-18-8-5-4-6-9-18/h4-6,8-9,12-13,19-20H,7,10-11,14-16H2,1-3H3,(H,36,37)/t19-,20-/m0/s1. The lowest BCUT2D eigenvalue weighted by Crippen LogP contribution is -2.29. The Morgan fingerprint density at radius 2 is 1.95 bits per heavy atom. The maximum atomic E-state index is 11.4. The normalized spacial score (nSPS) is 17.3. The number of anilines is 1. The molecule has 1 N–H and O–H groups in total. The van der Waals surface area contributed by atoms with Gasteiger partial charge in [-0.05, 0) is 55.5 Å². The maximum absolute atomic E-state index is 11.4. The van der Waals surface area contributed by atoms with Crippen molar-refractivity contribution >= 4 is 11.9 Å². The van der Waals surface area contributed by atoms with E-state index in [9.17, 15) is 9.90 Å². The molecule has 0 amide bonds. The molecule has 5 rings (SSSR count). The number of carbonyl (C=O) groups is 1. The first kappa shape index (κ1) is 25.3. The number of pyridine rings is 1. The van der Waals surface area contributed by atoms with Gasteiger partial charge in [-0.2, -0.15) is 4.80 Å². The van der Waals surface area contributed by atoms with E-state index < -0.39 is 5.97 Å². The van der Waals surface area contributed by atoms with Crippen LogP contribution in [0.5, 0.6) is 5.75 Å². The highest BCUT2D eigenvalue weighted by atomic mass is 16.5. The van der Waals surface area contributed by atoms with E-state index in [1.54, 1.807) is 4.68 Å². The minimum absolute atomic E-state index is 0.129. The second kappa shape index (κ2) is 11.0. The maximum Gasteiger partial charge on any atom is 0.306 e. The fourth-order valence-corrected chi connectivity index (χ4v) is 4.73. The smallest absolute Gasteiger partial charge is 0.306 e. The van der Waals surface area contributed by atoms with E-state index in [1.165, 1.54) is 4.80 Å². The number of carboxylic acids is 1. The van der Waals surface area contributed by atoms with Crippen molar-refractivity contribution in [1.29, 1.82) is 0 Å². The molecule has 3 heterocycles. The molecule has 2 atom stereocenters. The number of hydrogen-bond acceptors (Lipinski definition) is 9. The van der Waals surface area contributed by atoms with Gasteiger partial charge in [-0.1, -0.05) is 40.6 Å². The van der Waals surface area contributed by atoms with Crippen molar-refractivity contribution in [2.75, 3.05) is 11.9 Å². The summed E-state index contributed by atoms with van der Waals surface area (Å²) < 4.78 is 7.83. The second-order valence-electron chi connectivity index (χ2n) is 9.69. The molecule has 1 saturated carbocycles. The van der Waals surface area contributed by atoms with Crippen molar-refractivity contribution in [2.45, 2.75) is 51.8 Å². The molecule has 198 valence electrons. The lowest BCUT2D eigenvalue weighted by molar-refractivity contribution is -0.143. The number of hydrogen-bond donors (Lipinski definition) is 1. The Bertz CT molecular complexity index is 1400. The van der Waals surface area contributed by atoms with Gasteiger partial charge in [0.25, 0.3) is 5.95 Å². The molecule has 38 heavy (non-hydrogen) atoms. The summed E-state index contributed by atoms with van der Waals surface area (Å²) in [6, 6.07) is 13.8. The van der Waals surface area contributed by atoms with Crippen molar-refractivity contribution in [3.8, 4) is 17.1 Å². The van der Waals surface area contributed by atoms with Crippen LogP contribution in [0.25, 0.3) is 11.4 Å². The van der Waals surface area contributed by atoms with Gasteiger partial charge in [0.05, 0.1) is 29.1 Å².